The van der Waals surface area contributed by atoms with E-state index in [4.69, 9.17) is 5.26 Å². The molecule has 2 saturated heterocycles. The number of alkyl halides is 3. The first-order valence-electron chi connectivity index (χ1n) is 9.17. The molecule has 1 atom stereocenters. The number of hydrogen-bond acceptors (Lipinski definition) is 4. The van der Waals surface area contributed by atoms with Gasteiger partial charge in [-0.05, 0) is 31.0 Å². The molecule has 0 unspecified atom stereocenters. The van der Waals surface area contributed by atoms with Crippen molar-refractivity contribution in [2.45, 2.75) is 25.1 Å². The molecule has 9 heteroatoms. The number of likely N-dealkylation sites (tertiary alicyclic amines) is 1. The predicted octanol–water partition coefficient (Wildman–Crippen LogP) is 1.87. The lowest BCUT2D eigenvalue weighted by Crippen LogP contribution is -2.59. The molecule has 0 radical (unpaired) electrons. The van der Waals surface area contributed by atoms with Crippen molar-refractivity contribution in [1.29, 1.82) is 5.26 Å². The molecule has 1 aromatic carbocycles. The molecule has 6 nitrogen and oxygen atoms in total. The van der Waals surface area contributed by atoms with Gasteiger partial charge in [-0.2, -0.15) is 18.4 Å². The Labute approximate surface area is 161 Å². The third-order valence-corrected chi connectivity index (χ3v) is 5.15. The maximum Gasteiger partial charge on any atom is 0.406 e. The van der Waals surface area contributed by atoms with Gasteiger partial charge < -0.3 is 9.80 Å². The molecule has 3 rings (SSSR count). The fourth-order valence-corrected chi connectivity index (χ4v) is 3.77. The highest BCUT2D eigenvalue weighted by atomic mass is 19.4. The molecule has 0 aromatic heterocycles. The molecule has 2 fully saturated rings. The monoisotopic (exact) mass is 394 g/mol. The van der Waals surface area contributed by atoms with E-state index in [1.165, 1.54) is 6.07 Å². The van der Waals surface area contributed by atoms with Crippen LogP contribution < -0.4 is 0 Å². The van der Waals surface area contributed by atoms with Crippen LogP contribution in [0.3, 0.4) is 0 Å². The van der Waals surface area contributed by atoms with E-state index in [-0.39, 0.29) is 12.5 Å². The number of benzene rings is 1. The van der Waals surface area contributed by atoms with Gasteiger partial charge in [-0.3, -0.25) is 14.5 Å². The first kappa shape index (κ1) is 20.1. The van der Waals surface area contributed by atoms with E-state index in [2.05, 4.69) is 0 Å². The van der Waals surface area contributed by atoms with Crippen molar-refractivity contribution in [1.82, 2.24) is 14.7 Å². The highest BCUT2D eigenvalue weighted by molar-refractivity contribution is 5.94. The third kappa shape index (κ3) is 4.62. The Bertz CT molecular complexity index is 782. The first-order chi connectivity index (χ1) is 13.3. The second-order valence-corrected chi connectivity index (χ2v) is 7.05. The smallest absolute Gasteiger partial charge is 0.336 e. The maximum absolute atomic E-state index is 12.7. The maximum atomic E-state index is 12.7. The summed E-state index contributed by atoms with van der Waals surface area (Å²) >= 11 is 0. The zero-order chi connectivity index (χ0) is 20.3. The van der Waals surface area contributed by atoms with E-state index in [9.17, 15) is 22.8 Å². The number of nitrogens with zero attached hydrogens (tertiary/aromatic N) is 4. The third-order valence-electron chi connectivity index (χ3n) is 5.15. The van der Waals surface area contributed by atoms with Crippen LogP contribution in [-0.2, 0) is 4.79 Å². The molecular weight excluding hydrogens is 373 g/mol. The summed E-state index contributed by atoms with van der Waals surface area (Å²) in [7, 11) is 0. The lowest BCUT2D eigenvalue weighted by Gasteiger charge is -2.42. The molecule has 150 valence electrons. The highest BCUT2D eigenvalue weighted by Gasteiger charge is 2.40. The van der Waals surface area contributed by atoms with Gasteiger partial charge in [-0.25, -0.2) is 0 Å². The van der Waals surface area contributed by atoms with Crippen molar-refractivity contribution in [2.75, 3.05) is 39.3 Å². The minimum atomic E-state index is -4.40. The van der Waals surface area contributed by atoms with Crippen molar-refractivity contribution >= 4 is 11.8 Å². The molecule has 28 heavy (non-hydrogen) atoms. The summed E-state index contributed by atoms with van der Waals surface area (Å²) in [6.45, 7) is 0.551. The summed E-state index contributed by atoms with van der Waals surface area (Å²) in [6, 6.07) is 7.90. The number of nitriles is 1. The number of hydrogen-bond donors (Lipinski definition) is 0. The molecule has 2 heterocycles. The minimum Gasteiger partial charge on any atom is -0.336 e. The SMILES string of the molecule is N#Cc1cccc(C(=O)N2CCN([C@H]3CCCN(CC(F)(F)F)C3=O)CC2)c1. The van der Waals surface area contributed by atoms with E-state index in [0.29, 0.717) is 50.1 Å². The molecule has 2 aliphatic rings. The van der Waals surface area contributed by atoms with Crippen LogP contribution in [0.25, 0.3) is 0 Å². The second kappa shape index (κ2) is 8.19. The molecule has 0 N–H and O–H groups in total. The Hall–Kier alpha value is -2.60. The minimum absolute atomic E-state index is 0.128. The van der Waals surface area contributed by atoms with Crippen molar-refractivity contribution in [3.05, 3.63) is 35.4 Å². The second-order valence-electron chi connectivity index (χ2n) is 7.05. The zero-order valence-electron chi connectivity index (χ0n) is 15.3. The fraction of sp³-hybridized carbons (Fsp3) is 0.526. The number of piperazine rings is 1. The van der Waals surface area contributed by atoms with Gasteiger partial charge in [0.15, 0.2) is 0 Å². The van der Waals surface area contributed by atoms with Gasteiger partial charge in [0.25, 0.3) is 5.91 Å². The van der Waals surface area contributed by atoms with Gasteiger partial charge in [0, 0.05) is 38.3 Å². The molecule has 0 bridgehead atoms. The summed E-state index contributed by atoms with van der Waals surface area (Å²) in [5.41, 5.74) is 0.833. The number of carbonyl (C=O) groups is 2. The molecule has 0 spiro atoms. The number of halogens is 3. The molecule has 2 amide bonds. The summed E-state index contributed by atoms with van der Waals surface area (Å²) in [5.74, 6) is -0.671. The summed E-state index contributed by atoms with van der Waals surface area (Å²) < 4.78 is 38.0. The van der Waals surface area contributed by atoms with Crippen LogP contribution in [0.15, 0.2) is 24.3 Å². The van der Waals surface area contributed by atoms with E-state index in [1.54, 1.807) is 23.1 Å². The van der Waals surface area contributed by atoms with Crippen LogP contribution in [0.5, 0.6) is 0 Å². The Morgan fingerprint density at radius 2 is 1.89 bits per heavy atom. The number of rotatable bonds is 3. The lowest BCUT2D eigenvalue weighted by atomic mass is 10.0. The summed E-state index contributed by atoms with van der Waals surface area (Å²) in [4.78, 5) is 29.5. The number of amides is 2. The van der Waals surface area contributed by atoms with Crippen LogP contribution in [0.4, 0.5) is 13.2 Å². The van der Waals surface area contributed by atoms with Gasteiger partial charge in [0.1, 0.15) is 6.54 Å². The van der Waals surface area contributed by atoms with Gasteiger partial charge in [0.2, 0.25) is 5.91 Å². The quantitative estimate of drug-likeness (QED) is 0.785. The predicted molar refractivity (Wildman–Crippen MR) is 94.3 cm³/mol. The molecular formula is C19H21F3N4O2. The summed E-state index contributed by atoms with van der Waals surface area (Å²) in [6.07, 6.45) is -3.33. The van der Waals surface area contributed by atoms with E-state index < -0.39 is 24.7 Å². The van der Waals surface area contributed by atoms with Crippen LogP contribution in [0.1, 0.15) is 28.8 Å². The normalized spacial score (nSPS) is 21.5. The van der Waals surface area contributed by atoms with Gasteiger partial charge in [-0.15, -0.1) is 0 Å². The Morgan fingerprint density at radius 3 is 2.54 bits per heavy atom. The van der Waals surface area contributed by atoms with Crippen molar-refractivity contribution in [3.8, 4) is 6.07 Å². The van der Waals surface area contributed by atoms with Crippen molar-refractivity contribution < 1.29 is 22.8 Å². The van der Waals surface area contributed by atoms with E-state index in [0.717, 1.165) is 4.90 Å². The largest absolute Gasteiger partial charge is 0.406 e. The van der Waals surface area contributed by atoms with Crippen LogP contribution >= 0.6 is 0 Å². The van der Waals surface area contributed by atoms with E-state index in [1.807, 2.05) is 11.0 Å². The Kier molecular flexibility index (Phi) is 5.89. The number of carbonyl (C=O) groups excluding carboxylic acids is 2. The van der Waals surface area contributed by atoms with Crippen LogP contribution in [0, 0.1) is 11.3 Å². The molecule has 0 aliphatic carbocycles. The number of piperidine rings is 1. The van der Waals surface area contributed by atoms with Crippen LogP contribution in [-0.4, -0.2) is 78.0 Å². The van der Waals surface area contributed by atoms with E-state index >= 15 is 0 Å². The zero-order valence-corrected chi connectivity index (χ0v) is 15.3. The van der Waals surface area contributed by atoms with Gasteiger partial charge in [0.05, 0.1) is 17.7 Å². The van der Waals surface area contributed by atoms with Gasteiger partial charge in [-0.1, -0.05) is 6.07 Å². The molecule has 1 aromatic rings. The summed E-state index contributed by atoms with van der Waals surface area (Å²) in [5, 5.41) is 8.96. The standard InChI is InChI=1S/C19H21F3N4O2/c20-19(21,22)13-26-6-2-5-16(18(26)28)24-7-9-25(10-8-24)17(27)15-4-1-3-14(11-15)12-23/h1,3-4,11,16H,2,5-10,13H2/t16-/m0/s1. The highest BCUT2D eigenvalue weighted by Crippen LogP contribution is 2.24. The lowest BCUT2D eigenvalue weighted by molar-refractivity contribution is -0.168. The fourth-order valence-electron chi connectivity index (χ4n) is 3.77. The average molecular weight is 394 g/mol. The van der Waals surface area contributed by atoms with Crippen molar-refractivity contribution in [2.24, 2.45) is 0 Å². The average Bonchev–Trinajstić information content (AvgIpc) is 2.68. The van der Waals surface area contributed by atoms with Crippen LogP contribution in [0.2, 0.25) is 0 Å². The Morgan fingerprint density at radius 1 is 1.18 bits per heavy atom. The molecule has 2 aliphatic heterocycles. The first-order valence-corrected chi connectivity index (χ1v) is 9.17. The van der Waals surface area contributed by atoms with Gasteiger partial charge >= 0.3 is 6.18 Å². The topological polar surface area (TPSA) is 67.7 Å². The van der Waals surface area contributed by atoms with Crippen molar-refractivity contribution in [3.63, 3.8) is 0 Å². The molecule has 0 saturated carbocycles. The Balaban J connectivity index is 1.59.